The second kappa shape index (κ2) is 7.73. The second-order valence-corrected chi connectivity index (χ2v) is 7.90. The van der Waals surface area contributed by atoms with Gasteiger partial charge in [-0.15, -0.1) is 11.3 Å². The highest BCUT2D eigenvalue weighted by Gasteiger charge is 2.15. The molecule has 0 fully saturated rings. The van der Waals surface area contributed by atoms with Gasteiger partial charge in [-0.2, -0.15) is 0 Å². The molecule has 0 aliphatic carbocycles. The molecule has 1 amide bonds. The average Bonchev–Trinajstić information content (AvgIpc) is 3.16. The van der Waals surface area contributed by atoms with Gasteiger partial charge in [-0.25, -0.2) is 14.4 Å². The molecule has 0 aliphatic rings. The minimum absolute atomic E-state index is 0.0640. The van der Waals surface area contributed by atoms with Crippen molar-refractivity contribution < 1.29 is 9.18 Å². The minimum Gasteiger partial charge on any atom is -0.322 e. The Bertz CT molecular complexity index is 1490. The summed E-state index contributed by atoms with van der Waals surface area (Å²) in [6.45, 7) is -0.271. The highest BCUT2D eigenvalue weighted by molar-refractivity contribution is 7.25. The molecule has 0 atom stereocenters. The molecular weight excluding hydrogens is 415 g/mol. The number of para-hydroxylation sites is 1. The normalized spacial score (nSPS) is 11.1. The highest BCUT2D eigenvalue weighted by atomic mass is 32.1. The van der Waals surface area contributed by atoms with Gasteiger partial charge in [0.1, 0.15) is 21.9 Å². The van der Waals surface area contributed by atoms with Crippen molar-refractivity contribution in [2.45, 2.75) is 6.54 Å². The Labute approximate surface area is 179 Å². The number of hydrogen-bond acceptors (Lipinski definition) is 5. The highest BCUT2D eigenvalue weighted by Crippen LogP contribution is 2.31. The fraction of sp³-hybridized carbons (Fsp3) is 0.0435. The van der Waals surface area contributed by atoms with Crippen molar-refractivity contribution in [1.29, 1.82) is 0 Å². The maximum atomic E-state index is 13.7. The Morgan fingerprint density at radius 2 is 1.81 bits per heavy atom. The van der Waals surface area contributed by atoms with Crippen LogP contribution in [0.2, 0.25) is 0 Å². The first-order valence-electron chi connectivity index (χ1n) is 9.48. The van der Waals surface area contributed by atoms with Gasteiger partial charge in [0.15, 0.2) is 0 Å². The van der Waals surface area contributed by atoms with Crippen LogP contribution in [0.15, 0.2) is 77.9 Å². The fourth-order valence-electron chi connectivity index (χ4n) is 3.34. The number of amides is 1. The molecule has 31 heavy (non-hydrogen) atoms. The maximum Gasteiger partial charge on any atom is 0.271 e. The van der Waals surface area contributed by atoms with Crippen LogP contribution in [0.5, 0.6) is 0 Å². The van der Waals surface area contributed by atoms with Gasteiger partial charge in [0.25, 0.3) is 5.56 Å². The SMILES string of the molecule is O=C(Cn1cnc2c(sc3nc(-c4ccccc4)ccc32)c1=O)Nc1ccccc1F. The van der Waals surface area contributed by atoms with E-state index in [-0.39, 0.29) is 17.8 Å². The van der Waals surface area contributed by atoms with Crippen LogP contribution in [0.3, 0.4) is 0 Å². The lowest BCUT2D eigenvalue weighted by molar-refractivity contribution is -0.116. The van der Waals surface area contributed by atoms with Gasteiger partial charge in [-0.1, -0.05) is 42.5 Å². The van der Waals surface area contributed by atoms with Gasteiger partial charge in [-0.05, 0) is 24.3 Å². The standard InChI is InChI=1S/C23H15FN4O2S/c24-16-8-4-5-9-18(16)26-19(29)12-28-13-25-20-15-10-11-17(14-6-2-1-3-7-14)27-22(15)31-21(20)23(28)30/h1-11,13H,12H2,(H,26,29). The van der Waals surface area contributed by atoms with E-state index in [1.54, 1.807) is 6.07 Å². The summed E-state index contributed by atoms with van der Waals surface area (Å²) >= 11 is 1.25. The zero-order valence-corrected chi connectivity index (χ0v) is 16.9. The molecule has 0 saturated carbocycles. The summed E-state index contributed by atoms with van der Waals surface area (Å²) in [5, 5.41) is 3.27. The second-order valence-electron chi connectivity index (χ2n) is 6.90. The van der Waals surface area contributed by atoms with E-state index in [0.717, 1.165) is 16.6 Å². The van der Waals surface area contributed by atoms with Crippen LogP contribution in [0.1, 0.15) is 0 Å². The molecule has 0 bridgehead atoms. The molecule has 6 nitrogen and oxygen atoms in total. The predicted octanol–water partition coefficient (Wildman–Crippen LogP) is 4.45. The molecule has 2 aromatic carbocycles. The Hall–Kier alpha value is -3.91. The molecule has 3 aromatic heterocycles. The van der Waals surface area contributed by atoms with Crippen LogP contribution in [0, 0.1) is 5.82 Å². The summed E-state index contributed by atoms with van der Waals surface area (Å²) in [5.74, 6) is -1.06. The van der Waals surface area contributed by atoms with Crippen LogP contribution in [-0.4, -0.2) is 20.4 Å². The van der Waals surface area contributed by atoms with E-state index >= 15 is 0 Å². The average molecular weight is 430 g/mol. The van der Waals surface area contributed by atoms with Crippen molar-refractivity contribution in [2.75, 3.05) is 5.32 Å². The lowest BCUT2D eigenvalue weighted by Crippen LogP contribution is -2.27. The molecule has 3 heterocycles. The van der Waals surface area contributed by atoms with Crippen LogP contribution in [0.4, 0.5) is 10.1 Å². The zero-order chi connectivity index (χ0) is 21.4. The van der Waals surface area contributed by atoms with Crippen LogP contribution >= 0.6 is 11.3 Å². The Morgan fingerprint density at radius 1 is 1.03 bits per heavy atom. The van der Waals surface area contributed by atoms with Crippen molar-refractivity contribution in [3.63, 3.8) is 0 Å². The molecule has 152 valence electrons. The number of rotatable bonds is 4. The van der Waals surface area contributed by atoms with Gasteiger partial charge in [0.2, 0.25) is 5.91 Å². The summed E-state index contributed by atoms with van der Waals surface area (Å²) in [6, 6.07) is 19.4. The first kappa shape index (κ1) is 19.1. The van der Waals surface area contributed by atoms with Gasteiger partial charge in [-0.3, -0.25) is 14.2 Å². The number of thiophene rings is 1. The van der Waals surface area contributed by atoms with Crippen molar-refractivity contribution in [3.05, 3.63) is 89.2 Å². The van der Waals surface area contributed by atoms with Crippen molar-refractivity contribution in [2.24, 2.45) is 0 Å². The summed E-state index contributed by atoms with van der Waals surface area (Å²) in [7, 11) is 0. The number of hydrogen-bond donors (Lipinski definition) is 1. The van der Waals surface area contributed by atoms with E-state index < -0.39 is 11.7 Å². The molecule has 1 N–H and O–H groups in total. The number of nitrogens with zero attached hydrogens (tertiary/aromatic N) is 3. The van der Waals surface area contributed by atoms with E-state index in [1.807, 2.05) is 42.5 Å². The molecule has 5 aromatic rings. The number of halogens is 1. The monoisotopic (exact) mass is 430 g/mol. The summed E-state index contributed by atoms with van der Waals surface area (Å²) in [6.07, 6.45) is 1.34. The maximum absolute atomic E-state index is 13.7. The fourth-order valence-corrected chi connectivity index (χ4v) is 4.41. The third-order valence-electron chi connectivity index (χ3n) is 4.84. The van der Waals surface area contributed by atoms with Crippen LogP contribution in [-0.2, 0) is 11.3 Å². The number of nitrogens with one attached hydrogen (secondary N) is 1. The topological polar surface area (TPSA) is 76.9 Å². The summed E-state index contributed by atoms with van der Waals surface area (Å²) in [4.78, 5) is 35.1. The van der Waals surface area contributed by atoms with Gasteiger partial charge < -0.3 is 5.32 Å². The summed E-state index contributed by atoms with van der Waals surface area (Å²) < 4.78 is 15.4. The van der Waals surface area contributed by atoms with Crippen molar-refractivity contribution in [1.82, 2.24) is 14.5 Å². The Balaban J connectivity index is 1.49. The smallest absolute Gasteiger partial charge is 0.271 e. The number of carbonyl (C=O) groups is 1. The molecule has 0 spiro atoms. The van der Waals surface area contributed by atoms with E-state index in [4.69, 9.17) is 0 Å². The number of pyridine rings is 1. The first-order valence-corrected chi connectivity index (χ1v) is 10.3. The largest absolute Gasteiger partial charge is 0.322 e. The number of aromatic nitrogens is 3. The van der Waals surface area contributed by atoms with E-state index in [0.29, 0.717) is 15.0 Å². The summed E-state index contributed by atoms with van der Waals surface area (Å²) in [5.41, 5.74) is 2.08. The third kappa shape index (κ3) is 3.57. The van der Waals surface area contributed by atoms with Crippen LogP contribution < -0.4 is 10.9 Å². The number of anilines is 1. The lowest BCUT2D eigenvalue weighted by Gasteiger charge is -2.07. The molecular formula is C23H15FN4O2S. The molecule has 0 radical (unpaired) electrons. The molecule has 5 rings (SSSR count). The predicted molar refractivity (Wildman–Crippen MR) is 120 cm³/mol. The molecule has 0 saturated heterocycles. The Morgan fingerprint density at radius 3 is 2.61 bits per heavy atom. The third-order valence-corrected chi connectivity index (χ3v) is 5.92. The van der Waals surface area contributed by atoms with E-state index in [1.165, 1.54) is 40.4 Å². The number of benzene rings is 2. The zero-order valence-electron chi connectivity index (χ0n) is 16.1. The first-order chi connectivity index (χ1) is 15.1. The molecule has 0 unspecified atom stereocenters. The van der Waals surface area contributed by atoms with Gasteiger partial charge in [0.05, 0.1) is 23.2 Å². The number of fused-ring (bicyclic) bond motifs is 3. The lowest BCUT2D eigenvalue weighted by atomic mass is 10.1. The van der Waals surface area contributed by atoms with E-state index in [2.05, 4.69) is 15.3 Å². The van der Waals surface area contributed by atoms with Gasteiger partial charge in [0, 0.05) is 10.9 Å². The Kier molecular flexibility index (Phi) is 4.76. The number of carbonyl (C=O) groups excluding carboxylic acids is 1. The minimum atomic E-state index is -0.540. The van der Waals surface area contributed by atoms with E-state index in [9.17, 15) is 14.0 Å². The molecule has 8 heteroatoms. The van der Waals surface area contributed by atoms with Crippen LogP contribution in [0.25, 0.3) is 31.7 Å². The van der Waals surface area contributed by atoms with Gasteiger partial charge >= 0.3 is 0 Å². The van der Waals surface area contributed by atoms with Crippen molar-refractivity contribution >= 4 is 43.4 Å². The van der Waals surface area contributed by atoms with Crippen molar-refractivity contribution in [3.8, 4) is 11.3 Å². The molecule has 0 aliphatic heterocycles. The quantitative estimate of drug-likeness (QED) is 0.457.